The summed E-state index contributed by atoms with van der Waals surface area (Å²) in [5.41, 5.74) is 6.66. The third-order valence-electron chi connectivity index (χ3n) is 2.21. The van der Waals surface area contributed by atoms with Crippen molar-refractivity contribution in [3.05, 3.63) is 35.9 Å². The molecule has 3 N–H and O–H groups in total. The van der Waals surface area contributed by atoms with Crippen molar-refractivity contribution in [3.8, 4) is 0 Å². The van der Waals surface area contributed by atoms with Gasteiger partial charge in [-0.2, -0.15) is 0 Å². The number of benzene rings is 1. The van der Waals surface area contributed by atoms with E-state index in [0.717, 1.165) is 5.56 Å². The Bertz CT molecular complexity index is 398. The van der Waals surface area contributed by atoms with Crippen LogP contribution in [-0.4, -0.2) is 23.8 Å². The van der Waals surface area contributed by atoms with E-state index in [1.165, 1.54) is 0 Å². The minimum Gasteiger partial charge on any atom is -0.383 e. The van der Waals surface area contributed by atoms with E-state index in [4.69, 9.17) is 5.73 Å². The molecule has 0 aromatic heterocycles. The van der Waals surface area contributed by atoms with Crippen molar-refractivity contribution < 1.29 is 4.79 Å². The summed E-state index contributed by atoms with van der Waals surface area (Å²) in [5, 5.41) is 2.80. The molecule has 4 nitrogen and oxygen atoms in total. The van der Waals surface area contributed by atoms with Crippen LogP contribution in [0.1, 0.15) is 26.3 Å². The van der Waals surface area contributed by atoms with E-state index in [1.807, 2.05) is 44.2 Å². The van der Waals surface area contributed by atoms with Gasteiger partial charge < -0.3 is 11.1 Å². The quantitative estimate of drug-likeness (QED) is 0.608. The summed E-state index contributed by atoms with van der Waals surface area (Å²) < 4.78 is 0. The molecule has 1 aromatic rings. The molecule has 0 aliphatic heterocycles. The Hall–Kier alpha value is -1.84. The van der Waals surface area contributed by atoms with Gasteiger partial charge in [-0.15, -0.1) is 0 Å². The fraction of sp³-hybridized carbons (Fsp3) is 0.385. The topological polar surface area (TPSA) is 67.5 Å². The van der Waals surface area contributed by atoms with E-state index in [9.17, 15) is 4.79 Å². The number of nitrogens with one attached hydrogen (secondary N) is 1. The zero-order valence-electron chi connectivity index (χ0n) is 10.5. The van der Waals surface area contributed by atoms with Crippen LogP contribution in [-0.2, 0) is 4.79 Å². The number of nitrogens with two attached hydrogens (primary N) is 1. The van der Waals surface area contributed by atoms with Gasteiger partial charge in [0, 0.05) is 11.6 Å². The number of nitrogens with zero attached hydrogens (tertiary/aromatic N) is 1. The van der Waals surface area contributed by atoms with E-state index in [0.29, 0.717) is 5.84 Å². The molecule has 92 valence electrons. The fourth-order valence-corrected chi connectivity index (χ4v) is 1.36. The predicted octanol–water partition coefficient (Wildman–Crippen LogP) is 1.30. The monoisotopic (exact) mass is 233 g/mol. The Labute approximate surface area is 102 Å². The highest BCUT2D eigenvalue weighted by molar-refractivity contribution is 5.99. The molecule has 1 unspecified atom stereocenters. The van der Waals surface area contributed by atoms with Crippen LogP contribution in [0.2, 0.25) is 0 Å². The average Bonchev–Trinajstić information content (AvgIpc) is 2.29. The molecule has 0 heterocycles. The Morgan fingerprint density at radius 3 is 2.35 bits per heavy atom. The molecule has 0 bridgehead atoms. The Morgan fingerprint density at radius 1 is 1.24 bits per heavy atom. The molecule has 0 saturated carbocycles. The highest BCUT2D eigenvalue weighted by Gasteiger charge is 2.12. The van der Waals surface area contributed by atoms with Crippen molar-refractivity contribution >= 4 is 11.7 Å². The lowest BCUT2D eigenvalue weighted by atomic mass is 10.2. The van der Waals surface area contributed by atoms with Crippen LogP contribution >= 0.6 is 0 Å². The second kappa shape index (κ2) is 6.03. The molecule has 1 amide bonds. The first kappa shape index (κ1) is 13.2. The molecule has 0 aliphatic rings. The van der Waals surface area contributed by atoms with E-state index >= 15 is 0 Å². The summed E-state index contributed by atoms with van der Waals surface area (Å²) in [7, 11) is 0. The van der Waals surface area contributed by atoms with Crippen molar-refractivity contribution in [2.45, 2.75) is 32.9 Å². The number of hydrogen-bond donors (Lipinski definition) is 2. The van der Waals surface area contributed by atoms with Gasteiger partial charge in [-0.05, 0) is 20.8 Å². The largest absolute Gasteiger partial charge is 0.383 e. The van der Waals surface area contributed by atoms with Gasteiger partial charge in [-0.1, -0.05) is 30.3 Å². The lowest BCUT2D eigenvalue weighted by molar-refractivity contribution is -0.122. The van der Waals surface area contributed by atoms with E-state index in [2.05, 4.69) is 10.3 Å². The van der Waals surface area contributed by atoms with Gasteiger partial charge in [0.05, 0.1) is 0 Å². The van der Waals surface area contributed by atoms with Gasteiger partial charge in [-0.3, -0.25) is 9.79 Å². The SMILES string of the molecule is CC(C)NC(=O)C(C)N=C(N)c1ccccc1. The van der Waals surface area contributed by atoms with Crippen molar-refractivity contribution in [2.24, 2.45) is 10.7 Å². The van der Waals surface area contributed by atoms with Crippen LogP contribution in [0.15, 0.2) is 35.3 Å². The molecule has 0 aliphatic carbocycles. The zero-order valence-corrected chi connectivity index (χ0v) is 10.5. The summed E-state index contributed by atoms with van der Waals surface area (Å²) in [6, 6.07) is 9.05. The van der Waals surface area contributed by atoms with Crippen LogP contribution in [0.5, 0.6) is 0 Å². The lowest BCUT2D eigenvalue weighted by Crippen LogP contribution is -2.37. The standard InChI is InChI=1S/C13H19N3O/c1-9(2)15-13(17)10(3)16-12(14)11-7-5-4-6-8-11/h4-10H,1-3H3,(H2,14,16)(H,15,17). The lowest BCUT2D eigenvalue weighted by Gasteiger charge is -2.12. The van der Waals surface area contributed by atoms with Gasteiger partial charge in [0.25, 0.3) is 0 Å². The maximum atomic E-state index is 11.6. The number of amides is 1. The summed E-state index contributed by atoms with van der Waals surface area (Å²) in [6.07, 6.45) is 0. The van der Waals surface area contributed by atoms with E-state index in [-0.39, 0.29) is 11.9 Å². The second-order valence-corrected chi connectivity index (χ2v) is 4.22. The maximum Gasteiger partial charge on any atom is 0.244 e. The van der Waals surface area contributed by atoms with Crippen LogP contribution in [0.4, 0.5) is 0 Å². The van der Waals surface area contributed by atoms with Gasteiger partial charge in [0.1, 0.15) is 11.9 Å². The van der Waals surface area contributed by atoms with E-state index < -0.39 is 6.04 Å². The van der Waals surface area contributed by atoms with Gasteiger partial charge in [0.15, 0.2) is 0 Å². The summed E-state index contributed by atoms with van der Waals surface area (Å²) in [6.45, 7) is 5.55. The fourth-order valence-electron chi connectivity index (χ4n) is 1.36. The summed E-state index contributed by atoms with van der Waals surface area (Å²) in [5.74, 6) is 0.274. The number of carbonyl (C=O) groups is 1. The molecule has 17 heavy (non-hydrogen) atoms. The van der Waals surface area contributed by atoms with Crippen LogP contribution in [0.3, 0.4) is 0 Å². The first-order valence-electron chi connectivity index (χ1n) is 5.69. The third-order valence-corrected chi connectivity index (χ3v) is 2.21. The van der Waals surface area contributed by atoms with Gasteiger partial charge >= 0.3 is 0 Å². The molecule has 1 atom stereocenters. The second-order valence-electron chi connectivity index (χ2n) is 4.22. The van der Waals surface area contributed by atoms with Crippen LogP contribution in [0.25, 0.3) is 0 Å². The van der Waals surface area contributed by atoms with Crippen LogP contribution in [0, 0.1) is 0 Å². The number of rotatable bonds is 4. The molecule has 0 fully saturated rings. The molecular formula is C13H19N3O. The first-order chi connectivity index (χ1) is 8.00. The molecule has 1 aromatic carbocycles. The molecule has 0 radical (unpaired) electrons. The number of aliphatic imine (C=N–C) groups is 1. The van der Waals surface area contributed by atoms with Crippen molar-refractivity contribution in [1.82, 2.24) is 5.32 Å². The summed E-state index contributed by atoms with van der Waals surface area (Å²) in [4.78, 5) is 15.8. The zero-order chi connectivity index (χ0) is 12.8. The van der Waals surface area contributed by atoms with Gasteiger partial charge in [-0.25, -0.2) is 0 Å². The third kappa shape index (κ3) is 4.26. The molecule has 1 rings (SSSR count). The molecular weight excluding hydrogens is 214 g/mol. The predicted molar refractivity (Wildman–Crippen MR) is 69.9 cm³/mol. The maximum absolute atomic E-state index is 11.6. The first-order valence-corrected chi connectivity index (χ1v) is 5.69. The highest BCUT2D eigenvalue weighted by atomic mass is 16.2. The van der Waals surface area contributed by atoms with Crippen molar-refractivity contribution in [2.75, 3.05) is 0 Å². The molecule has 4 heteroatoms. The minimum atomic E-state index is -0.474. The average molecular weight is 233 g/mol. The Morgan fingerprint density at radius 2 is 1.82 bits per heavy atom. The molecule has 0 spiro atoms. The van der Waals surface area contributed by atoms with E-state index in [1.54, 1.807) is 6.92 Å². The summed E-state index contributed by atoms with van der Waals surface area (Å²) >= 11 is 0. The number of hydrogen-bond acceptors (Lipinski definition) is 2. The Kier molecular flexibility index (Phi) is 4.69. The molecule has 0 saturated heterocycles. The highest BCUT2D eigenvalue weighted by Crippen LogP contribution is 2.00. The Balaban J connectivity index is 2.72. The normalized spacial score (nSPS) is 13.5. The van der Waals surface area contributed by atoms with Crippen molar-refractivity contribution in [3.63, 3.8) is 0 Å². The smallest absolute Gasteiger partial charge is 0.244 e. The minimum absolute atomic E-state index is 0.109. The van der Waals surface area contributed by atoms with Crippen molar-refractivity contribution in [1.29, 1.82) is 0 Å². The van der Waals surface area contributed by atoms with Crippen LogP contribution < -0.4 is 11.1 Å². The number of carbonyl (C=O) groups excluding carboxylic acids is 1. The van der Waals surface area contributed by atoms with Gasteiger partial charge in [0.2, 0.25) is 5.91 Å². The number of amidine groups is 1.